The van der Waals surface area contributed by atoms with Gasteiger partial charge in [0, 0.05) is 31.0 Å². The van der Waals surface area contributed by atoms with E-state index in [1.54, 1.807) is 24.4 Å². The lowest BCUT2D eigenvalue weighted by Gasteiger charge is -2.35. The molecule has 2 heterocycles. The topological polar surface area (TPSA) is 59.3 Å². The Balaban J connectivity index is 1.72. The van der Waals surface area contributed by atoms with E-state index in [4.69, 9.17) is 0 Å². The molecule has 1 aromatic heterocycles. The second kappa shape index (κ2) is 7.84. The van der Waals surface area contributed by atoms with Crippen LogP contribution in [-0.2, 0) is 0 Å². The molecule has 0 spiro atoms. The molecule has 0 saturated carbocycles. The van der Waals surface area contributed by atoms with Crippen LogP contribution in [0, 0.1) is 10.1 Å². The molecule has 0 amide bonds. The second-order valence-electron chi connectivity index (χ2n) is 6.01. The number of nitrogens with zero attached hydrogens (tertiary/aromatic N) is 3. The van der Waals surface area contributed by atoms with E-state index in [1.807, 2.05) is 30.5 Å². The average Bonchev–Trinajstić information content (AvgIpc) is 2.63. The summed E-state index contributed by atoms with van der Waals surface area (Å²) in [5, 5.41) is 11.1. The van der Waals surface area contributed by atoms with E-state index >= 15 is 0 Å². The van der Waals surface area contributed by atoms with Gasteiger partial charge in [-0.25, -0.2) is 0 Å². The molecule has 1 unspecified atom stereocenters. The predicted octanol–water partition coefficient (Wildman–Crippen LogP) is 4.23. The van der Waals surface area contributed by atoms with Crippen LogP contribution in [0.3, 0.4) is 0 Å². The maximum Gasteiger partial charge on any atom is 0.276 e. The molecule has 5 nitrogen and oxygen atoms in total. The summed E-state index contributed by atoms with van der Waals surface area (Å²) < 4.78 is 0. The highest BCUT2D eigenvalue weighted by Gasteiger charge is 2.22. The van der Waals surface area contributed by atoms with Crippen molar-refractivity contribution in [3.05, 3.63) is 76.1 Å². The molecule has 3 rings (SSSR count). The molecule has 1 aliphatic heterocycles. The van der Waals surface area contributed by atoms with Crippen molar-refractivity contribution in [3.63, 3.8) is 0 Å². The molecule has 5 heteroatoms. The maximum atomic E-state index is 11.1. The van der Waals surface area contributed by atoms with E-state index in [0.717, 1.165) is 19.5 Å². The van der Waals surface area contributed by atoms with Crippen molar-refractivity contribution in [2.24, 2.45) is 0 Å². The number of piperidine rings is 1. The first-order valence-electron chi connectivity index (χ1n) is 8.29. The van der Waals surface area contributed by atoms with Gasteiger partial charge in [0.15, 0.2) is 0 Å². The Morgan fingerprint density at radius 1 is 1.25 bits per heavy atom. The average molecular weight is 323 g/mol. The van der Waals surface area contributed by atoms with Gasteiger partial charge in [-0.3, -0.25) is 20.0 Å². The standard InChI is InChI=1S/C19H21N3O2/c23-22(24)19-11-2-1-7-16(19)9-6-14-21-13-4-3-10-18(21)17-8-5-12-20-15-17/h1-2,5-9,11-12,15,18H,3-4,10,13-14H2. The summed E-state index contributed by atoms with van der Waals surface area (Å²) in [5.41, 5.74) is 2.05. The minimum Gasteiger partial charge on any atom is -0.293 e. The van der Waals surface area contributed by atoms with Gasteiger partial charge in [-0.1, -0.05) is 36.8 Å². The van der Waals surface area contributed by atoms with Crippen LogP contribution in [0.2, 0.25) is 0 Å². The smallest absolute Gasteiger partial charge is 0.276 e. The van der Waals surface area contributed by atoms with E-state index in [9.17, 15) is 10.1 Å². The third-order valence-electron chi connectivity index (χ3n) is 4.45. The predicted molar refractivity (Wildman–Crippen MR) is 94.5 cm³/mol. The number of nitro benzene ring substituents is 1. The van der Waals surface area contributed by atoms with Crippen LogP contribution >= 0.6 is 0 Å². The van der Waals surface area contributed by atoms with Gasteiger partial charge < -0.3 is 0 Å². The minimum absolute atomic E-state index is 0.149. The van der Waals surface area contributed by atoms with Gasteiger partial charge >= 0.3 is 0 Å². The number of hydrogen-bond acceptors (Lipinski definition) is 4. The van der Waals surface area contributed by atoms with Crippen molar-refractivity contribution in [1.29, 1.82) is 0 Å². The number of benzene rings is 1. The SMILES string of the molecule is O=[N+]([O-])c1ccccc1C=CCN1CCCCC1c1cccnc1. The van der Waals surface area contributed by atoms with Crippen LogP contribution in [0.1, 0.15) is 36.4 Å². The Kier molecular flexibility index (Phi) is 5.33. The Morgan fingerprint density at radius 2 is 2.12 bits per heavy atom. The molecule has 0 bridgehead atoms. The first kappa shape index (κ1) is 16.3. The summed E-state index contributed by atoms with van der Waals surface area (Å²) in [7, 11) is 0. The molecule has 1 saturated heterocycles. The molecule has 0 aliphatic carbocycles. The summed E-state index contributed by atoms with van der Waals surface area (Å²) in [5.74, 6) is 0. The fourth-order valence-corrected chi connectivity index (χ4v) is 3.27. The van der Waals surface area contributed by atoms with E-state index in [1.165, 1.54) is 18.4 Å². The first-order valence-corrected chi connectivity index (χ1v) is 8.29. The lowest BCUT2D eigenvalue weighted by Crippen LogP contribution is -2.33. The van der Waals surface area contributed by atoms with Crippen molar-refractivity contribution in [1.82, 2.24) is 9.88 Å². The summed E-state index contributed by atoms with van der Waals surface area (Å²) in [6.45, 7) is 1.83. The summed E-state index contributed by atoms with van der Waals surface area (Å²) >= 11 is 0. The number of pyridine rings is 1. The van der Waals surface area contributed by atoms with Gasteiger partial charge in [0.1, 0.15) is 0 Å². The fourth-order valence-electron chi connectivity index (χ4n) is 3.27. The molecular formula is C19H21N3O2. The zero-order chi connectivity index (χ0) is 16.8. The molecule has 24 heavy (non-hydrogen) atoms. The van der Waals surface area contributed by atoms with Gasteiger partial charge in [-0.2, -0.15) is 0 Å². The van der Waals surface area contributed by atoms with E-state index in [2.05, 4.69) is 16.0 Å². The minimum atomic E-state index is -0.334. The number of nitro groups is 1. The highest BCUT2D eigenvalue weighted by Crippen LogP contribution is 2.30. The Morgan fingerprint density at radius 3 is 2.92 bits per heavy atom. The first-order chi connectivity index (χ1) is 11.8. The Labute approximate surface area is 141 Å². The van der Waals surface area contributed by atoms with Gasteiger partial charge in [0.25, 0.3) is 5.69 Å². The third kappa shape index (κ3) is 3.86. The monoisotopic (exact) mass is 323 g/mol. The van der Waals surface area contributed by atoms with Gasteiger partial charge in [0.05, 0.1) is 10.5 Å². The van der Waals surface area contributed by atoms with Crippen LogP contribution in [-0.4, -0.2) is 27.9 Å². The van der Waals surface area contributed by atoms with E-state index < -0.39 is 0 Å². The molecule has 0 N–H and O–H groups in total. The molecular weight excluding hydrogens is 302 g/mol. The number of hydrogen-bond donors (Lipinski definition) is 0. The van der Waals surface area contributed by atoms with Crippen LogP contribution in [0.5, 0.6) is 0 Å². The fraction of sp³-hybridized carbons (Fsp3) is 0.316. The van der Waals surface area contributed by atoms with Crippen molar-refractivity contribution in [2.45, 2.75) is 25.3 Å². The van der Waals surface area contributed by atoms with Crippen LogP contribution < -0.4 is 0 Å². The van der Waals surface area contributed by atoms with Crippen LogP contribution in [0.4, 0.5) is 5.69 Å². The maximum absolute atomic E-state index is 11.1. The molecule has 1 fully saturated rings. The molecule has 0 radical (unpaired) electrons. The lowest BCUT2D eigenvalue weighted by molar-refractivity contribution is -0.385. The van der Waals surface area contributed by atoms with Gasteiger partial charge in [-0.15, -0.1) is 0 Å². The number of likely N-dealkylation sites (tertiary alicyclic amines) is 1. The molecule has 2 aromatic rings. The highest BCUT2D eigenvalue weighted by atomic mass is 16.6. The van der Waals surface area contributed by atoms with E-state index in [-0.39, 0.29) is 10.6 Å². The number of para-hydroxylation sites is 1. The van der Waals surface area contributed by atoms with Crippen LogP contribution in [0.15, 0.2) is 54.9 Å². The van der Waals surface area contributed by atoms with Crippen molar-refractivity contribution < 1.29 is 4.92 Å². The quantitative estimate of drug-likeness (QED) is 0.610. The van der Waals surface area contributed by atoms with E-state index in [0.29, 0.717) is 11.6 Å². The molecule has 1 aromatic carbocycles. The number of rotatable bonds is 5. The Bertz CT molecular complexity index is 716. The molecule has 1 aliphatic rings. The van der Waals surface area contributed by atoms with Crippen LogP contribution in [0.25, 0.3) is 6.08 Å². The molecule has 1 atom stereocenters. The highest BCUT2D eigenvalue weighted by molar-refractivity contribution is 5.60. The van der Waals surface area contributed by atoms with Crippen molar-refractivity contribution >= 4 is 11.8 Å². The molecule has 124 valence electrons. The zero-order valence-electron chi connectivity index (χ0n) is 13.5. The number of aromatic nitrogens is 1. The van der Waals surface area contributed by atoms with Gasteiger partial charge in [0.2, 0.25) is 0 Å². The summed E-state index contributed by atoms with van der Waals surface area (Å²) in [6, 6.07) is 11.3. The van der Waals surface area contributed by atoms with Crippen molar-refractivity contribution in [3.8, 4) is 0 Å². The van der Waals surface area contributed by atoms with Gasteiger partial charge in [-0.05, 0) is 37.1 Å². The summed E-state index contributed by atoms with van der Waals surface area (Å²) in [6.07, 6.45) is 11.2. The lowest BCUT2D eigenvalue weighted by atomic mass is 9.96. The summed E-state index contributed by atoms with van der Waals surface area (Å²) in [4.78, 5) is 17.4. The van der Waals surface area contributed by atoms with Crippen molar-refractivity contribution in [2.75, 3.05) is 13.1 Å². The second-order valence-corrected chi connectivity index (χ2v) is 6.01. The normalized spacial score (nSPS) is 18.8. The zero-order valence-corrected chi connectivity index (χ0v) is 13.5. The Hall–Kier alpha value is -2.53. The largest absolute Gasteiger partial charge is 0.293 e. The third-order valence-corrected chi connectivity index (χ3v) is 4.45.